The van der Waals surface area contributed by atoms with Crippen molar-refractivity contribution in [3.05, 3.63) is 71.3 Å². The van der Waals surface area contributed by atoms with Gasteiger partial charge in [-0.3, -0.25) is 0 Å². The van der Waals surface area contributed by atoms with E-state index in [1.807, 2.05) is 44.2 Å². The lowest BCUT2D eigenvalue weighted by atomic mass is 9.75. The number of halogens is 2. The molecule has 0 aliphatic rings. The first kappa shape index (κ1) is 14.7. The molecule has 1 N–H and O–H groups in total. The first-order valence-corrected chi connectivity index (χ1v) is 6.64. The van der Waals surface area contributed by atoms with Gasteiger partial charge in [-0.15, -0.1) is 0 Å². The van der Waals surface area contributed by atoms with E-state index in [0.29, 0.717) is 5.56 Å². The van der Waals surface area contributed by atoms with Gasteiger partial charge in [-0.1, -0.05) is 44.2 Å². The average molecular weight is 275 g/mol. The van der Waals surface area contributed by atoms with Crippen molar-refractivity contribution < 1.29 is 8.78 Å². The molecule has 1 nitrogen and oxygen atoms in total. The van der Waals surface area contributed by atoms with Gasteiger partial charge in [-0.05, 0) is 30.8 Å². The third kappa shape index (κ3) is 2.73. The molecule has 106 valence electrons. The number of rotatable bonds is 4. The highest BCUT2D eigenvalue weighted by atomic mass is 19.1. The van der Waals surface area contributed by atoms with Crippen LogP contribution in [-0.4, -0.2) is 7.05 Å². The molecule has 0 fully saturated rings. The van der Waals surface area contributed by atoms with Crippen LogP contribution in [0.5, 0.6) is 0 Å². The van der Waals surface area contributed by atoms with E-state index in [1.54, 1.807) is 7.05 Å². The lowest BCUT2D eigenvalue weighted by Crippen LogP contribution is -2.36. The summed E-state index contributed by atoms with van der Waals surface area (Å²) in [7, 11) is 1.76. The molecule has 1 atom stereocenters. The first-order valence-electron chi connectivity index (χ1n) is 6.64. The van der Waals surface area contributed by atoms with Gasteiger partial charge in [-0.2, -0.15) is 0 Å². The van der Waals surface area contributed by atoms with Crippen LogP contribution in [0.25, 0.3) is 0 Å². The monoisotopic (exact) mass is 275 g/mol. The smallest absolute Gasteiger partial charge is 0.128 e. The molecule has 20 heavy (non-hydrogen) atoms. The fourth-order valence-electron chi connectivity index (χ4n) is 2.68. The highest BCUT2D eigenvalue weighted by Gasteiger charge is 2.33. The quantitative estimate of drug-likeness (QED) is 0.881. The van der Waals surface area contributed by atoms with Gasteiger partial charge in [0.15, 0.2) is 0 Å². The van der Waals surface area contributed by atoms with Crippen molar-refractivity contribution in [1.82, 2.24) is 5.32 Å². The molecule has 0 spiro atoms. The molecule has 0 amide bonds. The Balaban J connectivity index is 2.49. The van der Waals surface area contributed by atoms with Gasteiger partial charge < -0.3 is 5.32 Å². The van der Waals surface area contributed by atoms with Crippen molar-refractivity contribution >= 4 is 0 Å². The van der Waals surface area contributed by atoms with E-state index in [4.69, 9.17) is 0 Å². The lowest BCUT2D eigenvalue weighted by molar-refractivity contribution is 0.356. The molecule has 0 saturated carbocycles. The summed E-state index contributed by atoms with van der Waals surface area (Å²) in [6.07, 6.45) is 0. The molecule has 0 heterocycles. The van der Waals surface area contributed by atoms with Crippen LogP contribution in [0.2, 0.25) is 0 Å². The maximum absolute atomic E-state index is 14.0. The van der Waals surface area contributed by atoms with Crippen LogP contribution >= 0.6 is 0 Å². The van der Waals surface area contributed by atoms with Gasteiger partial charge in [-0.25, -0.2) is 8.78 Å². The summed E-state index contributed by atoms with van der Waals surface area (Å²) >= 11 is 0. The van der Waals surface area contributed by atoms with Crippen LogP contribution in [0.1, 0.15) is 31.0 Å². The summed E-state index contributed by atoms with van der Waals surface area (Å²) in [5.74, 6) is -0.819. The van der Waals surface area contributed by atoms with E-state index in [0.717, 1.165) is 11.6 Å². The minimum absolute atomic E-state index is 0.319. The van der Waals surface area contributed by atoms with Crippen molar-refractivity contribution in [1.29, 1.82) is 0 Å². The molecule has 2 aromatic carbocycles. The van der Waals surface area contributed by atoms with Gasteiger partial charge in [0.2, 0.25) is 0 Å². The van der Waals surface area contributed by atoms with Crippen LogP contribution in [0.3, 0.4) is 0 Å². The average Bonchev–Trinajstić information content (AvgIpc) is 2.44. The van der Waals surface area contributed by atoms with E-state index in [1.165, 1.54) is 12.1 Å². The van der Waals surface area contributed by atoms with Crippen molar-refractivity contribution in [3.63, 3.8) is 0 Å². The first-order chi connectivity index (χ1) is 9.46. The van der Waals surface area contributed by atoms with Crippen LogP contribution in [0, 0.1) is 11.6 Å². The van der Waals surface area contributed by atoms with Crippen LogP contribution in [-0.2, 0) is 5.41 Å². The molecular weight excluding hydrogens is 256 g/mol. The second-order valence-electron chi connectivity index (χ2n) is 5.48. The maximum atomic E-state index is 14.0. The minimum Gasteiger partial charge on any atom is -0.312 e. The number of hydrogen-bond acceptors (Lipinski definition) is 1. The summed E-state index contributed by atoms with van der Waals surface area (Å²) in [5, 5.41) is 3.12. The second-order valence-corrected chi connectivity index (χ2v) is 5.48. The van der Waals surface area contributed by atoms with E-state index < -0.39 is 11.6 Å². The summed E-state index contributed by atoms with van der Waals surface area (Å²) in [5.41, 5.74) is 1.05. The predicted molar refractivity (Wildman–Crippen MR) is 77.6 cm³/mol. The van der Waals surface area contributed by atoms with Crippen molar-refractivity contribution in [2.75, 3.05) is 7.05 Å². The predicted octanol–water partition coefficient (Wildman–Crippen LogP) is 4.20. The van der Waals surface area contributed by atoms with Crippen LogP contribution in [0.15, 0.2) is 48.5 Å². The summed E-state index contributed by atoms with van der Waals surface area (Å²) in [6, 6.07) is 13.1. The minimum atomic E-state index is -0.425. The lowest BCUT2D eigenvalue weighted by Gasteiger charge is -2.35. The van der Waals surface area contributed by atoms with Crippen molar-refractivity contribution in [3.8, 4) is 0 Å². The van der Waals surface area contributed by atoms with Gasteiger partial charge in [0.05, 0.1) is 0 Å². The van der Waals surface area contributed by atoms with Gasteiger partial charge in [0, 0.05) is 17.0 Å². The van der Waals surface area contributed by atoms with Crippen molar-refractivity contribution in [2.45, 2.75) is 25.3 Å². The van der Waals surface area contributed by atoms with Crippen LogP contribution < -0.4 is 5.32 Å². The molecule has 3 heteroatoms. The number of likely N-dealkylation sites (N-methyl/N-ethyl adjacent to an activating group) is 1. The Hall–Kier alpha value is -1.74. The zero-order chi connectivity index (χ0) is 14.8. The third-order valence-electron chi connectivity index (χ3n) is 3.80. The number of nitrogens with one attached hydrogen (secondary N) is 1. The standard InChI is InChI=1S/C17H19F2N/c1-17(2,12-7-5-4-6-8-12)16(20-3)14-11-13(18)9-10-15(14)19/h4-11,16,20H,1-3H3. The highest BCUT2D eigenvalue weighted by Crippen LogP contribution is 2.37. The van der Waals surface area contributed by atoms with E-state index >= 15 is 0 Å². The highest BCUT2D eigenvalue weighted by molar-refractivity contribution is 5.32. The Morgan fingerprint density at radius 3 is 2.25 bits per heavy atom. The van der Waals surface area contributed by atoms with Gasteiger partial charge >= 0.3 is 0 Å². The molecule has 2 aromatic rings. The fraction of sp³-hybridized carbons (Fsp3) is 0.294. The summed E-state index contributed by atoms with van der Waals surface area (Å²) in [6.45, 7) is 4.04. The Labute approximate surface area is 118 Å². The Morgan fingerprint density at radius 2 is 1.65 bits per heavy atom. The normalized spacial score (nSPS) is 13.2. The van der Waals surface area contributed by atoms with E-state index in [-0.39, 0.29) is 11.5 Å². The molecule has 0 radical (unpaired) electrons. The number of hydrogen-bond donors (Lipinski definition) is 1. The van der Waals surface area contributed by atoms with Crippen molar-refractivity contribution in [2.24, 2.45) is 0 Å². The zero-order valence-corrected chi connectivity index (χ0v) is 12.0. The van der Waals surface area contributed by atoms with Gasteiger partial charge in [0.25, 0.3) is 0 Å². The molecule has 1 unspecified atom stereocenters. The topological polar surface area (TPSA) is 12.0 Å². The second kappa shape index (κ2) is 5.71. The van der Waals surface area contributed by atoms with Gasteiger partial charge in [0.1, 0.15) is 11.6 Å². The molecule has 0 aliphatic heterocycles. The third-order valence-corrected chi connectivity index (χ3v) is 3.80. The Kier molecular flexibility index (Phi) is 4.19. The Bertz CT molecular complexity index is 579. The largest absolute Gasteiger partial charge is 0.312 e. The Morgan fingerprint density at radius 1 is 1.00 bits per heavy atom. The van der Waals surface area contributed by atoms with E-state index in [2.05, 4.69) is 5.32 Å². The summed E-state index contributed by atoms with van der Waals surface area (Å²) in [4.78, 5) is 0. The maximum Gasteiger partial charge on any atom is 0.128 e. The molecular formula is C17H19F2N. The molecule has 0 aliphatic carbocycles. The summed E-state index contributed by atoms with van der Waals surface area (Å²) < 4.78 is 27.5. The van der Waals surface area contributed by atoms with Crippen LogP contribution in [0.4, 0.5) is 8.78 Å². The molecule has 0 bridgehead atoms. The fourth-order valence-corrected chi connectivity index (χ4v) is 2.68. The molecule has 2 rings (SSSR count). The molecule has 0 aromatic heterocycles. The zero-order valence-electron chi connectivity index (χ0n) is 12.0. The molecule has 0 saturated heterocycles. The SMILES string of the molecule is CNC(c1cc(F)ccc1F)C(C)(C)c1ccccc1. The van der Waals surface area contributed by atoms with E-state index in [9.17, 15) is 8.78 Å². The number of benzene rings is 2.